The highest BCUT2D eigenvalue weighted by molar-refractivity contribution is 7.16. The first-order valence-corrected chi connectivity index (χ1v) is 5.51. The van der Waals surface area contributed by atoms with Crippen LogP contribution < -0.4 is 0 Å². The Hall–Kier alpha value is -2.08. The lowest BCUT2D eigenvalue weighted by atomic mass is 10.3. The van der Waals surface area contributed by atoms with Crippen LogP contribution in [-0.4, -0.2) is 11.1 Å². The van der Waals surface area contributed by atoms with Gasteiger partial charge in [0.1, 0.15) is 5.82 Å². The minimum absolute atomic E-state index is 0.0746. The maximum Gasteiger partial charge on any atom is 0.324 e. The molecule has 0 aliphatic rings. The smallest absolute Gasteiger partial charge is 0.258 e. The zero-order valence-corrected chi connectivity index (χ0v) is 9.36. The van der Waals surface area contributed by atoms with E-state index in [1.165, 1.54) is 36.5 Å². The average Bonchev–Trinajstić information content (AvgIpc) is 2.77. The van der Waals surface area contributed by atoms with Crippen molar-refractivity contribution < 1.29 is 9.31 Å². The van der Waals surface area contributed by atoms with E-state index < -0.39 is 4.92 Å². The number of hydrogen-bond acceptors (Lipinski definition) is 4. The molecule has 1 aromatic heterocycles. The second kappa shape index (κ2) is 4.84. The normalized spacial score (nSPS) is 10.9. The predicted octanol–water partition coefficient (Wildman–Crippen LogP) is 3.55. The molecule has 17 heavy (non-hydrogen) atoms. The van der Waals surface area contributed by atoms with Crippen LogP contribution in [0, 0.1) is 15.9 Å². The average molecular weight is 250 g/mol. The van der Waals surface area contributed by atoms with Gasteiger partial charge in [-0.3, -0.25) is 15.1 Å². The maximum atomic E-state index is 12.6. The van der Waals surface area contributed by atoms with Gasteiger partial charge in [-0.05, 0) is 30.3 Å². The molecule has 1 heterocycles. The second-order valence-electron chi connectivity index (χ2n) is 3.17. The lowest BCUT2D eigenvalue weighted by molar-refractivity contribution is -0.380. The summed E-state index contributed by atoms with van der Waals surface area (Å²) in [6.45, 7) is 0. The highest BCUT2D eigenvalue weighted by atomic mass is 32.1. The summed E-state index contributed by atoms with van der Waals surface area (Å²) in [5.74, 6) is -0.323. The molecule has 0 amide bonds. The van der Waals surface area contributed by atoms with Gasteiger partial charge in [0.15, 0.2) is 0 Å². The van der Waals surface area contributed by atoms with E-state index in [1.807, 2.05) is 0 Å². The lowest BCUT2D eigenvalue weighted by Gasteiger charge is -1.91. The van der Waals surface area contributed by atoms with E-state index in [9.17, 15) is 14.5 Å². The summed E-state index contributed by atoms with van der Waals surface area (Å²) in [6, 6.07) is 8.74. The van der Waals surface area contributed by atoms with Crippen LogP contribution in [0.5, 0.6) is 0 Å². The molecule has 86 valence electrons. The minimum Gasteiger partial charge on any atom is -0.258 e. The molecule has 0 atom stereocenters. The zero-order chi connectivity index (χ0) is 12.3. The van der Waals surface area contributed by atoms with Crippen molar-refractivity contribution in [2.75, 3.05) is 0 Å². The zero-order valence-electron chi connectivity index (χ0n) is 8.54. The summed E-state index contributed by atoms with van der Waals surface area (Å²) < 4.78 is 12.6. The van der Waals surface area contributed by atoms with Crippen LogP contribution in [0.25, 0.3) is 0 Å². The third-order valence-corrected chi connectivity index (χ3v) is 2.93. The van der Waals surface area contributed by atoms with E-state index in [1.54, 1.807) is 6.07 Å². The summed E-state index contributed by atoms with van der Waals surface area (Å²) in [5.41, 5.74) is 0.599. The van der Waals surface area contributed by atoms with Crippen molar-refractivity contribution in [3.05, 3.63) is 57.2 Å². The fourth-order valence-corrected chi connectivity index (χ4v) is 1.87. The maximum absolute atomic E-state index is 12.6. The Labute approximate surface area is 100 Å². The standard InChI is InChI=1S/C11H7FN2O2S/c12-8-1-3-9(4-2-8)13-7-10-5-6-11(17-10)14(15)16/h1-7H. The summed E-state index contributed by atoms with van der Waals surface area (Å²) in [4.78, 5) is 14.8. The van der Waals surface area contributed by atoms with Gasteiger partial charge in [-0.15, -0.1) is 0 Å². The Morgan fingerprint density at radius 3 is 2.53 bits per heavy atom. The van der Waals surface area contributed by atoms with Gasteiger partial charge in [-0.1, -0.05) is 11.3 Å². The van der Waals surface area contributed by atoms with E-state index in [4.69, 9.17) is 0 Å². The highest BCUT2D eigenvalue weighted by Gasteiger charge is 2.07. The summed E-state index contributed by atoms with van der Waals surface area (Å²) >= 11 is 1.04. The number of nitrogens with zero attached hydrogens (tertiary/aromatic N) is 2. The molecule has 0 N–H and O–H groups in total. The summed E-state index contributed by atoms with van der Waals surface area (Å²) in [6.07, 6.45) is 1.52. The van der Waals surface area contributed by atoms with Gasteiger partial charge >= 0.3 is 5.00 Å². The van der Waals surface area contributed by atoms with Gasteiger partial charge in [0.25, 0.3) is 0 Å². The molecule has 0 unspecified atom stereocenters. The van der Waals surface area contributed by atoms with E-state index in [2.05, 4.69) is 4.99 Å². The molecular formula is C11H7FN2O2S. The van der Waals surface area contributed by atoms with Gasteiger partial charge in [0.05, 0.1) is 15.5 Å². The first-order chi connectivity index (χ1) is 8.15. The van der Waals surface area contributed by atoms with Gasteiger partial charge in [0, 0.05) is 12.3 Å². The highest BCUT2D eigenvalue weighted by Crippen LogP contribution is 2.23. The Morgan fingerprint density at radius 2 is 1.94 bits per heavy atom. The van der Waals surface area contributed by atoms with Crippen molar-refractivity contribution in [3.63, 3.8) is 0 Å². The van der Waals surface area contributed by atoms with Crippen molar-refractivity contribution in [1.82, 2.24) is 0 Å². The van der Waals surface area contributed by atoms with Crippen molar-refractivity contribution >= 4 is 28.2 Å². The van der Waals surface area contributed by atoms with Crippen LogP contribution in [0.3, 0.4) is 0 Å². The minimum atomic E-state index is -0.445. The third kappa shape index (κ3) is 2.94. The fourth-order valence-electron chi connectivity index (χ4n) is 1.18. The molecule has 0 spiro atoms. The SMILES string of the molecule is O=[N+]([O-])c1ccc(C=Nc2ccc(F)cc2)s1. The van der Waals surface area contributed by atoms with E-state index >= 15 is 0 Å². The van der Waals surface area contributed by atoms with E-state index in [0.717, 1.165) is 11.3 Å². The number of nitro groups is 1. The molecule has 2 rings (SSSR count). The van der Waals surface area contributed by atoms with Gasteiger partial charge in [0.2, 0.25) is 0 Å². The molecule has 2 aromatic rings. The lowest BCUT2D eigenvalue weighted by Crippen LogP contribution is -1.80. The number of rotatable bonds is 3. The quantitative estimate of drug-likeness (QED) is 0.475. The molecule has 6 heteroatoms. The van der Waals surface area contributed by atoms with Crippen LogP contribution in [0.4, 0.5) is 15.1 Å². The molecule has 0 fully saturated rings. The molecular weight excluding hydrogens is 243 g/mol. The van der Waals surface area contributed by atoms with Crippen LogP contribution in [0.15, 0.2) is 41.4 Å². The Balaban J connectivity index is 2.14. The topological polar surface area (TPSA) is 55.5 Å². The predicted molar refractivity (Wildman–Crippen MR) is 64.6 cm³/mol. The molecule has 0 radical (unpaired) electrons. The van der Waals surface area contributed by atoms with Crippen LogP contribution >= 0.6 is 11.3 Å². The third-order valence-electron chi connectivity index (χ3n) is 1.96. The molecule has 0 aliphatic heterocycles. The van der Waals surface area contributed by atoms with Crippen LogP contribution in [0.2, 0.25) is 0 Å². The van der Waals surface area contributed by atoms with Gasteiger partial charge in [-0.2, -0.15) is 0 Å². The summed E-state index contributed by atoms with van der Waals surface area (Å²) in [7, 11) is 0. The first-order valence-electron chi connectivity index (χ1n) is 4.69. The molecule has 4 nitrogen and oxygen atoms in total. The number of benzene rings is 1. The van der Waals surface area contributed by atoms with Gasteiger partial charge < -0.3 is 0 Å². The monoisotopic (exact) mass is 250 g/mol. The van der Waals surface area contributed by atoms with E-state index in [0.29, 0.717) is 10.6 Å². The molecule has 0 aliphatic carbocycles. The Bertz CT molecular complexity index is 563. The Morgan fingerprint density at radius 1 is 1.24 bits per heavy atom. The number of hydrogen-bond donors (Lipinski definition) is 0. The van der Waals surface area contributed by atoms with E-state index in [-0.39, 0.29) is 10.8 Å². The molecule has 0 bridgehead atoms. The second-order valence-corrected chi connectivity index (χ2v) is 4.26. The van der Waals surface area contributed by atoms with Crippen LogP contribution in [-0.2, 0) is 0 Å². The number of thiophene rings is 1. The molecule has 0 saturated carbocycles. The van der Waals surface area contributed by atoms with Crippen molar-refractivity contribution in [1.29, 1.82) is 0 Å². The van der Waals surface area contributed by atoms with Gasteiger partial charge in [-0.25, -0.2) is 4.39 Å². The largest absolute Gasteiger partial charge is 0.324 e. The Kier molecular flexibility index (Phi) is 3.24. The van der Waals surface area contributed by atoms with Crippen molar-refractivity contribution in [3.8, 4) is 0 Å². The van der Waals surface area contributed by atoms with Crippen molar-refractivity contribution in [2.45, 2.75) is 0 Å². The molecule has 0 saturated heterocycles. The fraction of sp³-hybridized carbons (Fsp3) is 0. The number of aliphatic imine (C=N–C) groups is 1. The van der Waals surface area contributed by atoms with Crippen LogP contribution in [0.1, 0.15) is 4.88 Å². The first kappa shape index (κ1) is 11.4. The molecule has 1 aromatic carbocycles. The number of halogens is 1. The summed E-state index contributed by atoms with van der Waals surface area (Å²) in [5, 5.41) is 10.5. The van der Waals surface area contributed by atoms with Crippen molar-refractivity contribution in [2.24, 2.45) is 4.99 Å².